The molecular weight excluding hydrogens is 220 g/mol. The molecule has 0 fully saturated rings. The smallest absolute Gasteiger partial charge is 0.0596 e. The molecule has 2 aromatic rings. The van der Waals surface area contributed by atoms with Gasteiger partial charge < -0.3 is 5.32 Å². The molecule has 0 amide bonds. The van der Waals surface area contributed by atoms with Gasteiger partial charge in [0.15, 0.2) is 0 Å². The van der Waals surface area contributed by atoms with Crippen LogP contribution in [0.2, 0.25) is 0 Å². The molecular formula is C16H18N2. The van der Waals surface area contributed by atoms with Gasteiger partial charge in [-0.05, 0) is 35.6 Å². The summed E-state index contributed by atoms with van der Waals surface area (Å²) < 4.78 is 0. The lowest BCUT2D eigenvalue weighted by Gasteiger charge is -2.33. The van der Waals surface area contributed by atoms with Crippen molar-refractivity contribution in [3.63, 3.8) is 0 Å². The summed E-state index contributed by atoms with van der Waals surface area (Å²) in [5, 5.41) is 3.74. The maximum atomic E-state index is 4.24. The highest BCUT2D eigenvalue weighted by molar-refractivity contribution is 5.39. The molecule has 1 N–H and O–H groups in total. The third-order valence-electron chi connectivity index (χ3n) is 3.75. The molecule has 0 bridgehead atoms. The maximum Gasteiger partial charge on any atom is 0.0596 e. The van der Waals surface area contributed by atoms with Crippen LogP contribution in [0.3, 0.4) is 0 Å². The number of nitrogens with one attached hydrogen (secondary N) is 1. The fourth-order valence-electron chi connectivity index (χ4n) is 2.74. The number of nitrogens with zero attached hydrogens (tertiary/aromatic N) is 1. The van der Waals surface area contributed by atoms with Crippen molar-refractivity contribution >= 4 is 0 Å². The molecule has 3 rings (SSSR count). The molecule has 0 saturated carbocycles. The van der Waals surface area contributed by atoms with Crippen molar-refractivity contribution in [2.45, 2.75) is 31.8 Å². The summed E-state index contributed by atoms with van der Waals surface area (Å²) in [5.41, 5.74) is 4.12. The van der Waals surface area contributed by atoms with E-state index in [1.807, 2.05) is 18.5 Å². The Morgan fingerprint density at radius 1 is 1.22 bits per heavy atom. The van der Waals surface area contributed by atoms with E-state index in [4.69, 9.17) is 0 Å². The molecule has 1 aromatic carbocycles. The van der Waals surface area contributed by atoms with E-state index in [0.717, 1.165) is 12.8 Å². The monoisotopic (exact) mass is 238 g/mol. The van der Waals surface area contributed by atoms with E-state index >= 15 is 0 Å². The van der Waals surface area contributed by atoms with Gasteiger partial charge in [0, 0.05) is 18.4 Å². The highest BCUT2D eigenvalue weighted by Crippen LogP contribution is 2.30. The Kier molecular flexibility index (Phi) is 3.11. The predicted octanol–water partition coefficient (Wildman–Crippen LogP) is 3.10. The lowest BCUT2D eigenvalue weighted by atomic mass is 9.86. The first kappa shape index (κ1) is 11.4. The summed E-state index contributed by atoms with van der Waals surface area (Å²) in [7, 11) is 0. The van der Waals surface area contributed by atoms with Gasteiger partial charge in [-0.3, -0.25) is 4.98 Å². The van der Waals surface area contributed by atoms with E-state index in [9.17, 15) is 0 Å². The molecule has 18 heavy (non-hydrogen) atoms. The fourth-order valence-corrected chi connectivity index (χ4v) is 2.74. The molecule has 0 aliphatic carbocycles. The Morgan fingerprint density at radius 2 is 2.11 bits per heavy atom. The number of aromatic nitrogens is 1. The molecule has 0 saturated heterocycles. The van der Waals surface area contributed by atoms with Crippen LogP contribution in [0.4, 0.5) is 0 Å². The molecule has 2 heterocycles. The maximum absolute atomic E-state index is 4.24. The van der Waals surface area contributed by atoms with Gasteiger partial charge in [-0.15, -0.1) is 0 Å². The number of hydrogen-bond acceptors (Lipinski definition) is 2. The second-order valence-electron chi connectivity index (χ2n) is 4.89. The second kappa shape index (κ2) is 4.91. The summed E-state index contributed by atoms with van der Waals surface area (Å²) in [6.07, 6.45) is 6.08. The van der Waals surface area contributed by atoms with E-state index in [1.165, 1.54) is 16.7 Å². The number of rotatable bonds is 2. The van der Waals surface area contributed by atoms with E-state index in [0.29, 0.717) is 6.04 Å². The van der Waals surface area contributed by atoms with Crippen molar-refractivity contribution in [1.29, 1.82) is 0 Å². The van der Waals surface area contributed by atoms with Gasteiger partial charge >= 0.3 is 0 Å². The number of pyridine rings is 1. The van der Waals surface area contributed by atoms with Crippen LogP contribution in [0.15, 0.2) is 48.8 Å². The molecule has 1 aromatic heterocycles. The van der Waals surface area contributed by atoms with Crippen molar-refractivity contribution < 1.29 is 0 Å². The Hall–Kier alpha value is -1.67. The van der Waals surface area contributed by atoms with Gasteiger partial charge in [0.05, 0.1) is 6.04 Å². The Balaban J connectivity index is 2.04. The lowest BCUT2D eigenvalue weighted by Crippen LogP contribution is -2.39. The minimum Gasteiger partial charge on any atom is -0.303 e. The molecule has 2 atom stereocenters. The van der Waals surface area contributed by atoms with Gasteiger partial charge in [-0.1, -0.05) is 37.3 Å². The van der Waals surface area contributed by atoms with Crippen LogP contribution in [0.25, 0.3) is 0 Å². The Bertz CT molecular complexity index is 522. The average molecular weight is 238 g/mol. The zero-order valence-electron chi connectivity index (χ0n) is 10.6. The van der Waals surface area contributed by atoms with Gasteiger partial charge in [-0.25, -0.2) is 0 Å². The van der Waals surface area contributed by atoms with Crippen LogP contribution in [0.5, 0.6) is 0 Å². The summed E-state index contributed by atoms with van der Waals surface area (Å²) >= 11 is 0. The first-order valence-corrected chi connectivity index (χ1v) is 6.62. The molecule has 2 unspecified atom stereocenters. The molecule has 92 valence electrons. The standard InChI is InChI=1S/C16H18N2/c1-2-14-10-12-6-3-4-8-15(12)16(18-14)13-7-5-9-17-11-13/h3-9,11,14,16,18H,2,10H2,1H3. The average Bonchev–Trinajstić information content (AvgIpc) is 2.47. The van der Waals surface area contributed by atoms with Crippen LogP contribution in [0, 0.1) is 0 Å². The molecule has 2 heteroatoms. The molecule has 0 radical (unpaired) electrons. The zero-order chi connectivity index (χ0) is 12.4. The predicted molar refractivity (Wildman–Crippen MR) is 73.4 cm³/mol. The van der Waals surface area contributed by atoms with E-state index in [2.05, 4.69) is 47.6 Å². The van der Waals surface area contributed by atoms with Crippen LogP contribution < -0.4 is 5.32 Å². The molecule has 2 nitrogen and oxygen atoms in total. The Morgan fingerprint density at radius 3 is 2.89 bits per heavy atom. The van der Waals surface area contributed by atoms with Crippen molar-refractivity contribution in [3.8, 4) is 0 Å². The van der Waals surface area contributed by atoms with Crippen LogP contribution in [0.1, 0.15) is 36.1 Å². The fraction of sp³-hybridized carbons (Fsp3) is 0.312. The number of benzene rings is 1. The van der Waals surface area contributed by atoms with E-state index in [-0.39, 0.29) is 6.04 Å². The minimum atomic E-state index is 0.286. The number of fused-ring (bicyclic) bond motifs is 1. The third-order valence-corrected chi connectivity index (χ3v) is 3.75. The van der Waals surface area contributed by atoms with Crippen LogP contribution in [-0.2, 0) is 6.42 Å². The highest BCUT2D eigenvalue weighted by atomic mass is 15.0. The van der Waals surface area contributed by atoms with Crippen molar-refractivity contribution in [2.75, 3.05) is 0 Å². The zero-order valence-corrected chi connectivity index (χ0v) is 10.6. The second-order valence-corrected chi connectivity index (χ2v) is 4.89. The first-order chi connectivity index (χ1) is 8.88. The van der Waals surface area contributed by atoms with Crippen molar-refractivity contribution in [3.05, 3.63) is 65.5 Å². The van der Waals surface area contributed by atoms with E-state index < -0.39 is 0 Å². The molecule has 1 aliphatic rings. The summed E-state index contributed by atoms with van der Waals surface area (Å²) in [6.45, 7) is 2.24. The van der Waals surface area contributed by atoms with Gasteiger partial charge in [0.2, 0.25) is 0 Å². The van der Waals surface area contributed by atoms with Gasteiger partial charge in [0.1, 0.15) is 0 Å². The summed E-state index contributed by atoms with van der Waals surface area (Å²) in [4.78, 5) is 4.24. The van der Waals surface area contributed by atoms with Crippen LogP contribution >= 0.6 is 0 Å². The lowest BCUT2D eigenvalue weighted by molar-refractivity contribution is 0.427. The quantitative estimate of drug-likeness (QED) is 0.869. The van der Waals surface area contributed by atoms with Crippen LogP contribution in [-0.4, -0.2) is 11.0 Å². The minimum absolute atomic E-state index is 0.286. The SMILES string of the molecule is CCC1Cc2ccccc2C(c2cccnc2)N1. The number of hydrogen-bond donors (Lipinski definition) is 1. The highest BCUT2D eigenvalue weighted by Gasteiger charge is 2.25. The summed E-state index contributed by atoms with van der Waals surface area (Å²) in [5.74, 6) is 0. The topological polar surface area (TPSA) is 24.9 Å². The normalized spacial score (nSPS) is 22.5. The largest absolute Gasteiger partial charge is 0.303 e. The van der Waals surface area contributed by atoms with Crippen molar-refractivity contribution in [2.24, 2.45) is 0 Å². The van der Waals surface area contributed by atoms with Crippen molar-refractivity contribution in [1.82, 2.24) is 10.3 Å². The van der Waals surface area contributed by atoms with Gasteiger partial charge in [0.25, 0.3) is 0 Å². The molecule has 1 aliphatic heterocycles. The van der Waals surface area contributed by atoms with E-state index in [1.54, 1.807) is 0 Å². The summed E-state index contributed by atoms with van der Waals surface area (Å²) in [6, 6.07) is 13.7. The van der Waals surface area contributed by atoms with Gasteiger partial charge in [-0.2, -0.15) is 0 Å². The first-order valence-electron chi connectivity index (χ1n) is 6.62. The third kappa shape index (κ3) is 2.04. The molecule has 0 spiro atoms. The Labute approximate surface area is 108 Å².